The summed E-state index contributed by atoms with van der Waals surface area (Å²) in [6.45, 7) is 6.03. The van der Waals surface area contributed by atoms with Gasteiger partial charge in [0.25, 0.3) is 5.91 Å². The molecule has 4 heteroatoms. The van der Waals surface area contributed by atoms with Gasteiger partial charge in [0.05, 0.1) is 6.04 Å². The van der Waals surface area contributed by atoms with E-state index in [0.29, 0.717) is 10.6 Å². The molecule has 0 aliphatic carbocycles. The monoisotopic (exact) mass is 326 g/mol. The molecule has 2 N–H and O–H groups in total. The van der Waals surface area contributed by atoms with Crippen LogP contribution >= 0.6 is 11.6 Å². The smallest absolute Gasteiger partial charge is 0.251 e. The van der Waals surface area contributed by atoms with Gasteiger partial charge in [-0.05, 0) is 56.2 Å². The van der Waals surface area contributed by atoms with Crippen molar-refractivity contribution in [3.8, 4) is 0 Å². The Labute approximate surface area is 140 Å². The fourth-order valence-corrected chi connectivity index (χ4v) is 3.09. The summed E-state index contributed by atoms with van der Waals surface area (Å²) in [5.74, 6) is -0.0995. The number of hydrogen-bond donors (Lipinski definition) is 2. The maximum Gasteiger partial charge on any atom is 0.251 e. The standard InChI is InChI=1S/C19H19ClN2O/c1-11-12(2)21-18-9-8-14(10-16(11)18)19(23)22-13(3)15-6-4-5-7-17(15)20/h4-10,13,21H,1-3H3,(H,22,23). The molecule has 3 nitrogen and oxygen atoms in total. The number of rotatable bonds is 3. The second kappa shape index (κ2) is 6.09. The van der Waals surface area contributed by atoms with E-state index in [-0.39, 0.29) is 11.9 Å². The third-order valence-corrected chi connectivity index (χ3v) is 4.63. The Kier molecular flexibility index (Phi) is 4.14. The fraction of sp³-hybridized carbons (Fsp3) is 0.211. The van der Waals surface area contributed by atoms with Crippen molar-refractivity contribution in [3.05, 3.63) is 69.9 Å². The molecule has 118 valence electrons. The van der Waals surface area contributed by atoms with Gasteiger partial charge in [-0.25, -0.2) is 0 Å². The highest BCUT2D eigenvalue weighted by atomic mass is 35.5. The summed E-state index contributed by atoms with van der Waals surface area (Å²) < 4.78 is 0. The molecule has 1 amide bonds. The summed E-state index contributed by atoms with van der Waals surface area (Å²) in [5.41, 5.74) is 4.92. The van der Waals surface area contributed by atoms with Crippen LogP contribution in [0.5, 0.6) is 0 Å². The van der Waals surface area contributed by atoms with Gasteiger partial charge in [0.1, 0.15) is 0 Å². The van der Waals surface area contributed by atoms with Crippen LogP contribution in [0.4, 0.5) is 0 Å². The number of nitrogens with one attached hydrogen (secondary N) is 2. The summed E-state index contributed by atoms with van der Waals surface area (Å²) in [6.07, 6.45) is 0. The van der Waals surface area contributed by atoms with Crippen LogP contribution in [0.1, 0.15) is 40.1 Å². The number of aromatic nitrogens is 1. The Bertz CT molecular complexity index is 882. The molecule has 0 bridgehead atoms. The first-order valence-electron chi connectivity index (χ1n) is 7.61. The van der Waals surface area contributed by atoms with Crippen LogP contribution < -0.4 is 5.32 Å². The number of aromatic amines is 1. The molecular formula is C19H19ClN2O. The number of H-pyrrole nitrogens is 1. The maximum absolute atomic E-state index is 12.5. The van der Waals surface area contributed by atoms with Gasteiger partial charge in [0, 0.05) is 27.2 Å². The molecule has 0 aliphatic heterocycles. The number of hydrogen-bond acceptors (Lipinski definition) is 1. The molecule has 0 aliphatic rings. The summed E-state index contributed by atoms with van der Waals surface area (Å²) in [6, 6.07) is 13.1. The summed E-state index contributed by atoms with van der Waals surface area (Å²) in [7, 11) is 0. The average Bonchev–Trinajstić information content (AvgIpc) is 2.82. The molecule has 1 atom stereocenters. The van der Waals surface area contributed by atoms with E-state index in [4.69, 9.17) is 11.6 Å². The van der Waals surface area contributed by atoms with Gasteiger partial charge in [-0.1, -0.05) is 29.8 Å². The number of amides is 1. The van der Waals surface area contributed by atoms with Crippen molar-refractivity contribution in [2.75, 3.05) is 0 Å². The zero-order valence-electron chi connectivity index (χ0n) is 13.4. The summed E-state index contributed by atoms with van der Waals surface area (Å²) >= 11 is 6.19. The highest BCUT2D eigenvalue weighted by molar-refractivity contribution is 6.31. The minimum absolute atomic E-state index is 0.0995. The van der Waals surface area contributed by atoms with E-state index >= 15 is 0 Å². The van der Waals surface area contributed by atoms with Gasteiger partial charge in [-0.2, -0.15) is 0 Å². The van der Waals surface area contributed by atoms with Gasteiger partial charge < -0.3 is 10.3 Å². The molecule has 0 saturated carbocycles. The molecule has 3 aromatic rings. The highest BCUT2D eigenvalue weighted by Crippen LogP contribution is 2.24. The molecule has 0 saturated heterocycles. The van der Waals surface area contributed by atoms with Crippen molar-refractivity contribution >= 4 is 28.4 Å². The van der Waals surface area contributed by atoms with Gasteiger partial charge in [-0.15, -0.1) is 0 Å². The lowest BCUT2D eigenvalue weighted by Gasteiger charge is -2.15. The first kappa shape index (κ1) is 15.6. The van der Waals surface area contributed by atoms with Crippen LogP contribution in [-0.2, 0) is 0 Å². The van der Waals surface area contributed by atoms with Crippen LogP contribution in [0.3, 0.4) is 0 Å². The summed E-state index contributed by atoms with van der Waals surface area (Å²) in [4.78, 5) is 15.9. The maximum atomic E-state index is 12.5. The zero-order valence-corrected chi connectivity index (χ0v) is 14.2. The Morgan fingerprint density at radius 2 is 1.91 bits per heavy atom. The minimum Gasteiger partial charge on any atom is -0.358 e. The topological polar surface area (TPSA) is 44.9 Å². The Hall–Kier alpha value is -2.26. The fourth-order valence-electron chi connectivity index (χ4n) is 2.79. The van der Waals surface area contributed by atoms with E-state index in [0.717, 1.165) is 22.2 Å². The van der Waals surface area contributed by atoms with Crippen LogP contribution in [0, 0.1) is 13.8 Å². The number of fused-ring (bicyclic) bond motifs is 1. The first-order chi connectivity index (χ1) is 11.0. The lowest BCUT2D eigenvalue weighted by atomic mass is 10.1. The number of carbonyl (C=O) groups is 1. The molecular weight excluding hydrogens is 308 g/mol. The van der Waals surface area contributed by atoms with E-state index in [2.05, 4.69) is 17.2 Å². The third kappa shape index (κ3) is 2.97. The predicted octanol–water partition coefficient (Wildman–Crippen LogP) is 4.93. The molecule has 3 rings (SSSR count). The Morgan fingerprint density at radius 1 is 1.17 bits per heavy atom. The lowest BCUT2D eigenvalue weighted by Crippen LogP contribution is -2.26. The number of halogens is 1. The first-order valence-corrected chi connectivity index (χ1v) is 7.99. The Balaban J connectivity index is 1.86. The quantitative estimate of drug-likeness (QED) is 0.704. The van der Waals surface area contributed by atoms with Crippen molar-refractivity contribution < 1.29 is 4.79 Å². The number of aryl methyl sites for hydroxylation is 2. The molecule has 1 heterocycles. The van der Waals surface area contributed by atoms with Gasteiger partial charge >= 0.3 is 0 Å². The van der Waals surface area contributed by atoms with Gasteiger partial charge in [0.15, 0.2) is 0 Å². The van der Waals surface area contributed by atoms with Crippen molar-refractivity contribution in [1.82, 2.24) is 10.3 Å². The van der Waals surface area contributed by atoms with E-state index in [1.165, 1.54) is 5.56 Å². The highest BCUT2D eigenvalue weighted by Gasteiger charge is 2.15. The molecule has 0 spiro atoms. The van der Waals surface area contributed by atoms with Crippen LogP contribution in [0.25, 0.3) is 10.9 Å². The van der Waals surface area contributed by atoms with Gasteiger partial charge in [-0.3, -0.25) is 4.79 Å². The predicted molar refractivity (Wildman–Crippen MR) is 95.1 cm³/mol. The SMILES string of the molecule is Cc1[nH]c2ccc(C(=O)NC(C)c3ccccc3Cl)cc2c1C. The van der Waals surface area contributed by atoms with Crippen molar-refractivity contribution in [2.24, 2.45) is 0 Å². The third-order valence-electron chi connectivity index (χ3n) is 4.29. The van der Waals surface area contributed by atoms with E-state index in [1.807, 2.05) is 56.3 Å². The zero-order chi connectivity index (χ0) is 16.6. The summed E-state index contributed by atoms with van der Waals surface area (Å²) in [5, 5.41) is 4.75. The number of benzene rings is 2. The van der Waals surface area contributed by atoms with E-state index in [9.17, 15) is 4.79 Å². The number of carbonyl (C=O) groups excluding carboxylic acids is 1. The van der Waals surface area contributed by atoms with Crippen molar-refractivity contribution in [2.45, 2.75) is 26.8 Å². The van der Waals surface area contributed by atoms with Crippen molar-refractivity contribution in [3.63, 3.8) is 0 Å². The van der Waals surface area contributed by atoms with Crippen LogP contribution in [0.2, 0.25) is 5.02 Å². The van der Waals surface area contributed by atoms with Crippen molar-refractivity contribution in [1.29, 1.82) is 0 Å². The van der Waals surface area contributed by atoms with Crippen LogP contribution in [-0.4, -0.2) is 10.9 Å². The second-order valence-corrected chi connectivity index (χ2v) is 6.26. The lowest BCUT2D eigenvalue weighted by molar-refractivity contribution is 0.0940. The molecule has 1 aromatic heterocycles. The molecule has 2 aromatic carbocycles. The molecule has 1 unspecified atom stereocenters. The van der Waals surface area contributed by atoms with E-state index < -0.39 is 0 Å². The van der Waals surface area contributed by atoms with Crippen LogP contribution in [0.15, 0.2) is 42.5 Å². The normalized spacial score (nSPS) is 12.3. The Morgan fingerprint density at radius 3 is 2.65 bits per heavy atom. The molecule has 0 fully saturated rings. The van der Waals surface area contributed by atoms with E-state index in [1.54, 1.807) is 0 Å². The molecule has 23 heavy (non-hydrogen) atoms. The second-order valence-electron chi connectivity index (χ2n) is 5.85. The average molecular weight is 327 g/mol. The molecule has 0 radical (unpaired) electrons. The minimum atomic E-state index is -0.152. The largest absolute Gasteiger partial charge is 0.358 e. The van der Waals surface area contributed by atoms with Gasteiger partial charge in [0.2, 0.25) is 0 Å².